The number of nitrogens with one attached hydrogen (secondary N) is 1. The van der Waals surface area contributed by atoms with Crippen LogP contribution in [0.1, 0.15) is 26.2 Å². The number of hydrogen-bond acceptors (Lipinski definition) is 3. The summed E-state index contributed by atoms with van der Waals surface area (Å²) in [6.45, 7) is 2.88. The zero-order valence-electron chi connectivity index (χ0n) is 12.1. The molecule has 1 aromatic carbocycles. The van der Waals surface area contributed by atoms with Crippen LogP contribution in [0.3, 0.4) is 0 Å². The zero-order chi connectivity index (χ0) is 14.6. The molecule has 2 rings (SSSR count). The summed E-state index contributed by atoms with van der Waals surface area (Å²) in [5.41, 5.74) is 5.52. The SMILES string of the molecule is CC(CN)(NC(=O)CCOc1cccc(Br)c1)C1CC1.Cl. The molecule has 1 unspecified atom stereocenters. The molecule has 1 fully saturated rings. The zero-order valence-corrected chi connectivity index (χ0v) is 14.5. The fraction of sp³-hybridized carbons (Fsp3) is 0.533. The molecule has 21 heavy (non-hydrogen) atoms. The summed E-state index contributed by atoms with van der Waals surface area (Å²) in [5, 5.41) is 3.05. The minimum absolute atomic E-state index is 0. The third kappa shape index (κ3) is 5.49. The number of carbonyl (C=O) groups is 1. The quantitative estimate of drug-likeness (QED) is 0.768. The summed E-state index contributed by atoms with van der Waals surface area (Å²) in [6, 6.07) is 7.59. The number of amides is 1. The number of carbonyl (C=O) groups excluding carboxylic acids is 1. The fourth-order valence-electron chi connectivity index (χ4n) is 2.24. The molecule has 3 N–H and O–H groups in total. The Morgan fingerprint density at radius 2 is 2.24 bits per heavy atom. The number of benzene rings is 1. The van der Waals surface area contributed by atoms with E-state index in [1.807, 2.05) is 31.2 Å². The molecular formula is C15H22BrClN2O2. The van der Waals surface area contributed by atoms with E-state index in [9.17, 15) is 4.79 Å². The van der Waals surface area contributed by atoms with Crippen LogP contribution in [0, 0.1) is 5.92 Å². The number of ether oxygens (including phenoxy) is 1. The van der Waals surface area contributed by atoms with Gasteiger partial charge in [0.1, 0.15) is 5.75 Å². The standard InChI is InChI=1S/C15H21BrN2O2.ClH/c1-15(10-17,11-5-6-11)18-14(19)7-8-20-13-4-2-3-12(16)9-13;/h2-4,9,11H,5-8,10,17H2,1H3,(H,18,19);1H. The van der Waals surface area contributed by atoms with E-state index in [1.165, 1.54) is 0 Å². The number of rotatable bonds is 7. The van der Waals surface area contributed by atoms with Gasteiger partial charge in [-0.3, -0.25) is 4.79 Å². The topological polar surface area (TPSA) is 64.3 Å². The molecule has 1 aliphatic rings. The van der Waals surface area contributed by atoms with Crippen LogP contribution in [0.4, 0.5) is 0 Å². The van der Waals surface area contributed by atoms with Crippen LogP contribution < -0.4 is 15.8 Å². The number of nitrogens with two attached hydrogens (primary N) is 1. The van der Waals surface area contributed by atoms with Gasteiger partial charge in [-0.05, 0) is 43.9 Å². The predicted molar refractivity (Wildman–Crippen MR) is 89.8 cm³/mol. The minimum atomic E-state index is -0.257. The monoisotopic (exact) mass is 376 g/mol. The Balaban J connectivity index is 0.00000220. The van der Waals surface area contributed by atoms with Crippen molar-refractivity contribution in [3.8, 4) is 5.75 Å². The fourth-order valence-corrected chi connectivity index (χ4v) is 2.62. The second-order valence-electron chi connectivity index (χ2n) is 5.50. The average Bonchev–Trinajstić information content (AvgIpc) is 3.23. The molecule has 0 radical (unpaired) electrons. The molecule has 1 amide bonds. The van der Waals surface area contributed by atoms with Crippen LogP contribution >= 0.6 is 28.3 Å². The van der Waals surface area contributed by atoms with E-state index in [2.05, 4.69) is 21.2 Å². The normalized spacial score (nSPS) is 16.5. The molecule has 4 nitrogen and oxygen atoms in total. The Morgan fingerprint density at radius 3 is 2.81 bits per heavy atom. The minimum Gasteiger partial charge on any atom is -0.493 e. The van der Waals surface area contributed by atoms with Gasteiger partial charge in [0.2, 0.25) is 5.91 Å². The first kappa shape index (κ1) is 18.3. The molecule has 0 saturated heterocycles. The highest BCUT2D eigenvalue weighted by atomic mass is 79.9. The Labute approximate surface area is 140 Å². The van der Waals surface area contributed by atoms with Crippen molar-refractivity contribution in [1.82, 2.24) is 5.32 Å². The van der Waals surface area contributed by atoms with Crippen LogP contribution in [-0.2, 0) is 4.79 Å². The molecule has 0 heterocycles. The van der Waals surface area contributed by atoms with E-state index in [-0.39, 0.29) is 23.9 Å². The highest BCUT2D eigenvalue weighted by Gasteiger charge is 2.41. The highest BCUT2D eigenvalue weighted by Crippen LogP contribution is 2.38. The first-order valence-electron chi connectivity index (χ1n) is 6.93. The Kier molecular flexibility index (Phi) is 6.97. The van der Waals surface area contributed by atoms with Crippen LogP contribution in [0.5, 0.6) is 5.75 Å². The van der Waals surface area contributed by atoms with E-state index in [1.54, 1.807) is 0 Å². The van der Waals surface area contributed by atoms with Crippen molar-refractivity contribution in [2.75, 3.05) is 13.2 Å². The third-order valence-electron chi connectivity index (χ3n) is 3.72. The van der Waals surface area contributed by atoms with Crippen molar-refractivity contribution in [3.63, 3.8) is 0 Å². The molecule has 118 valence electrons. The second-order valence-corrected chi connectivity index (χ2v) is 6.42. The smallest absolute Gasteiger partial charge is 0.223 e. The van der Waals surface area contributed by atoms with Crippen LogP contribution in [-0.4, -0.2) is 24.6 Å². The Bertz CT molecular complexity index is 482. The number of halogens is 2. The second kappa shape index (κ2) is 8.01. The maximum Gasteiger partial charge on any atom is 0.223 e. The van der Waals surface area contributed by atoms with Gasteiger partial charge in [-0.1, -0.05) is 22.0 Å². The van der Waals surface area contributed by atoms with Gasteiger partial charge in [0, 0.05) is 11.0 Å². The van der Waals surface area contributed by atoms with Gasteiger partial charge >= 0.3 is 0 Å². The van der Waals surface area contributed by atoms with Crippen LogP contribution in [0.2, 0.25) is 0 Å². The van der Waals surface area contributed by atoms with Gasteiger partial charge < -0.3 is 15.8 Å². The van der Waals surface area contributed by atoms with Gasteiger partial charge in [-0.2, -0.15) is 0 Å². The lowest BCUT2D eigenvalue weighted by atomic mass is 9.96. The van der Waals surface area contributed by atoms with Gasteiger partial charge in [0.15, 0.2) is 0 Å². The lowest BCUT2D eigenvalue weighted by molar-refractivity contribution is -0.123. The van der Waals surface area contributed by atoms with Crippen LogP contribution in [0.15, 0.2) is 28.7 Å². The van der Waals surface area contributed by atoms with Crippen LogP contribution in [0.25, 0.3) is 0 Å². The molecule has 0 aliphatic heterocycles. The molecule has 1 saturated carbocycles. The molecule has 1 aliphatic carbocycles. The van der Waals surface area contributed by atoms with Crippen molar-refractivity contribution in [1.29, 1.82) is 0 Å². The maximum atomic E-state index is 12.0. The van der Waals surface area contributed by atoms with E-state index >= 15 is 0 Å². The van der Waals surface area contributed by atoms with Gasteiger partial charge in [-0.25, -0.2) is 0 Å². The third-order valence-corrected chi connectivity index (χ3v) is 4.21. The molecular weight excluding hydrogens is 356 g/mol. The summed E-state index contributed by atoms with van der Waals surface area (Å²) in [7, 11) is 0. The van der Waals surface area contributed by atoms with Gasteiger partial charge in [-0.15, -0.1) is 12.4 Å². The van der Waals surface area contributed by atoms with E-state index in [0.717, 1.165) is 23.1 Å². The maximum absolute atomic E-state index is 12.0. The molecule has 6 heteroatoms. The summed E-state index contributed by atoms with van der Waals surface area (Å²) < 4.78 is 6.52. The number of hydrogen-bond donors (Lipinski definition) is 2. The molecule has 0 aromatic heterocycles. The molecule has 0 bridgehead atoms. The predicted octanol–water partition coefficient (Wildman–Crippen LogP) is 2.88. The summed E-state index contributed by atoms with van der Waals surface area (Å²) >= 11 is 3.38. The summed E-state index contributed by atoms with van der Waals surface area (Å²) in [6.07, 6.45) is 2.65. The van der Waals surface area contributed by atoms with Crippen molar-refractivity contribution in [2.45, 2.75) is 31.7 Å². The average molecular weight is 378 g/mol. The lowest BCUT2D eigenvalue weighted by Crippen LogP contribution is -2.53. The van der Waals surface area contributed by atoms with E-state index in [4.69, 9.17) is 10.5 Å². The largest absolute Gasteiger partial charge is 0.493 e. The van der Waals surface area contributed by atoms with E-state index in [0.29, 0.717) is 25.5 Å². The molecule has 1 aromatic rings. The Morgan fingerprint density at radius 1 is 1.52 bits per heavy atom. The van der Waals surface area contributed by atoms with Crippen molar-refractivity contribution >= 4 is 34.2 Å². The van der Waals surface area contributed by atoms with E-state index < -0.39 is 0 Å². The summed E-state index contributed by atoms with van der Waals surface area (Å²) in [4.78, 5) is 12.0. The Hall–Kier alpha value is -0.780. The summed E-state index contributed by atoms with van der Waals surface area (Å²) in [5.74, 6) is 1.29. The lowest BCUT2D eigenvalue weighted by Gasteiger charge is -2.29. The molecule has 0 spiro atoms. The van der Waals surface area contributed by atoms with Gasteiger partial charge in [0.25, 0.3) is 0 Å². The van der Waals surface area contributed by atoms with Crippen molar-refractivity contribution in [3.05, 3.63) is 28.7 Å². The highest BCUT2D eigenvalue weighted by molar-refractivity contribution is 9.10. The first-order chi connectivity index (χ1) is 9.53. The molecule has 1 atom stereocenters. The first-order valence-corrected chi connectivity index (χ1v) is 7.72. The van der Waals surface area contributed by atoms with Crippen molar-refractivity contribution < 1.29 is 9.53 Å². The van der Waals surface area contributed by atoms with Gasteiger partial charge in [0.05, 0.1) is 18.6 Å². The van der Waals surface area contributed by atoms with Crippen molar-refractivity contribution in [2.24, 2.45) is 11.7 Å².